The highest BCUT2D eigenvalue weighted by Crippen LogP contribution is 2.35. The Morgan fingerprint density at radius 3 is 1.14 bits per heavy atom. The summed E-state index contributed by atoms with van der Waals surface area (Å²) in [6.07, 6.45) is 1.82. The Kier molecular flexibility index (Phi) is 7.61. The molecule has 0 unspecified atom stereocenters. The summed E-state index contributed by atoms with van der Waals surface area (Å²) in [5.41, 5.74) is 1.71. The average Bonchev–Trinajstić information content (AvgIpc) is 3.33. The molecule has 0 bridgehead atoms. The Bertz CT molecular complexity index is 1230. The summed E-state index contributed by atoms with van der Waals surface area (Å²) < 4.78 is 1.98. The van der Waals surface area contributed by atoms with Gasteiger partial charge in [-0.3, -0.25) is 0 Å². The SMILES string of the molecule is CN(C)/C=N\n1c(P(c2ccccc2)c2ccccc2)nnc1P(c1ccccc1)c1ccccc1. The van der Waals surface area contributed by atoms with E-state index in [-0.39, 0.29) is 0 Å². The van der Waals surface area contributed by atoms with Crippen LogP contribution in [-0.2, 0) is 0 Å². The molecule has 0 saturated heterocycles. The summed E-state index contributed by atoms with van der Waals surface area (Å²) in [7, 11) is 2.00. The van der Waals surface area contributed by atoms with Crippen molar-refractivity contribution in [3.8, 4) is 0 Å². The molecule has 36 heavy (non-hydrogen) atoms. The summed E-state index contributed by atoms with van der Waals surface area (Å²) in [5.74, 6) is 0. The molecule has 5 nitrogen and oxygen atoms in total. The quantitative estimate of drug-likeness (QED) is 0.184. The van der Waals surface area contributed by atoms with Gasteiger partial charge in [-0.1, -0.05) is 121 Å². The minimum atomic E-state index is -0.972. The first kappa shape index (κ1) is 24.1. The van der Waals surface area contributed by atoms with E-state index in [9.17, 15) is 0 Å². The fourth-order valence-corrected chi connectivity index (χ4v) is 8.29. The van der Waals surface area contributed by atoms with Crippen molar-refractivity contribution < 1.29 is 0 Å². The van der Waals surface area contributed by atoms with Crippen LogP contribution in [0.4, 0.5) is 0 Å². The van der Waals surface area contributed by atoms with Crippen LogP contribution in [0.3, 0.4) is 0 Å². The van der Waals surface area contributed by atoms with Crippen molar-refractivity contribution in [1.82, 2.24) is 19.8 Å². The van der Waals surface area contributed by atoms with E-state index in [1.807, 2.05) is 54.3 Å². The molecule has 5 rings (SSSR count). The Morgan fingerprint density at radius 1 is 0.556 bits per heavy atom. The smallest absolute Gasteiger partial charge is 0.185 e. The molecule has 5 aromatic rings. The largest absolute Gasteiger partial charge is 0.367 e. The van der Waals surface area contributed by atoms with Gasteiger partial charge in [-0.15, -0.1) is 10.2 Å². The lowest BCUT2D eigenvalue weighted by atomic mass is 10.4. The number of rotatable bonds is 8. The van der Waals surface area contributed by atoms with E-state index in [0.29, 0.717) is 0 Å². The summed E-state index contributed by atoms with van der Waals surface area (Å²) in [5, 5.41) is 19.5. The number of hydrogen-bond donors (Lipinski definition) is 0. The van der Waals surface area contributed by atoms with Crippen LogP contribution in [0.2, 0.25) is 0 Å². The van der Waals surface area contributed by atoms with Gasteiger partial charge in [0, 0.05) is 29.9 Å². The van der Waals surface area contributed by atoms with E-state index in [1.165, 1.54) is 21.2 Å². The molecule has 0 aliphatic carbocycles. The molecular formula is C29H27N5P2. The molecular weight excluding hydrogens is 480 g/mol. The Balaban J connectivity index is 1.75. The minimum Gasteiger partial charge on any atom is -0.367 e. The molecule has 0 atom stereocenters. The van der Waals surface area contributed by atoms with Crippen molar-refractivity contribution in [2.45, 2.75) is 0 Å². The third-order valence-electron chi connectivity index (χ3n) is 5.46. The lowest BCUT2D eigenvalue weighted by Gasteiger charge is -2.20. The number of nitrogens with zero attached hydrogens (tertiary/aromatic N) is 5. The molecule has 7 heteroatoms. The van der Waals surface area contributed by atoms with Gasteiger partial charge in [-0.2, -0.15) is 9.78 Å². The van der Waals surface area contributed by atoms with Crippen molar-refractivity contribution >= 4 is 54.5 Å². The highest BCUT2D eigenvalue weighted by atomic mass is 31.1. The highest BCUT2D eigenvalue weighted by Gasteiger charge is 2.29. The van der Waals surface area contributed by atoms with Gasteiger partial charge in [-0.05, 0) is 21.2 Å². The van der Waals surface area contributed by atoms with Gasteiger partial charge in [0.2, 0.25) is 0 Å². The van der Waals surface area contributed by atoms with E-state index in [2.05, 4.69) is 97.1 Å². The molecule has 1 aromatic heterocycles. The Hall–Kier alpha value is -3.65. The van der Waals surface area contributed by atoms with Crippen LogP contribution in [0.5, 0.6) is 0 Å². The number of aromatic nitrogens is 3. The molecule has 0 aliphatic rings. The predicted molar refractivity (Wildman–Crippen MR) is 155 cm³/mol. The van der Waals surface area contributed by atoms with Crippen molar-refractivity contribution in [2.24, 2.45) is 5.10 Å². The zero-order chi connectivity index (χ0) is 24.7. The lowest BCUT2D eigenvalue weighted by molar-refractivity contribution is 0.634. The molecule has 0 fully saturated rings. The molecule has 4 aromatic carbocycles. The maximum Gasteiger partial charge on any atom is 0.185 e. The fraction of sp³-hybridized carbons (Fsp3) is 0.0690. The molecule has 0 saturated carbocycles. The van der Waals surface area contributed by atoms with Crippen LogP contribution in [0.15, 0.2) is 126 Å². The van der Waals surface area contributed by atoms with Crippen molar-refractivity contribution in [2.75, 3.05) is 14.1 Å². The first-order valence-electron chi connectivity index (χ1n) is 11.7. The third kappa shape index (κ3) is 5.28. The molecule has 0 spiro atoms. The van der Waals surface area contributed by atoms with Crippen LogP contribution in [-0.4, -0.2) is 40.2 Å². The predicted octanol–water partition coefficient (Wildman–Crippen LogP) is 3.15. The van der Waals surface area contributed by atoms with E-state index in [1.54, 1.807) is 0 Å². The first-order chi connectivity index (χ1) is 17.7. The van der Waals surface area contributed by atoms with Gasteiger partial charge in [0.05, 0.1) is 0 Å². The maximum absolute atomic E-state index is 4.93. The summed E-state index contributed by atoms with van der Waals surface area (Å²) >= 11 is 0. The first-order valence-corrected chi connectivity index (χ1v) is 14.4. The second-order valence-electron chi connectivity index (χ2n) is 8.32. The molecule has 0 amide bonds. The molecule has 0 aliphatic heterocycles. The van der Waals surface area contributed by atoms with Gasteiger partial charge < -0.3 is 4.90 Å². The Labute approximate surface area is 214 Å². The van der Waals surface area contributed by atoms with E-state index < -0.39 is 15.8 Å². The summed E-state index contributed by atoms with van der Waals surface area (Å²) in [6.45, 7) is 0. The number of benzene rings is 4. The lowest BCUT2D eigenvalue weighted by Crippen LogP contribution is -2.33. The van der Waals surface area contributed by atoms with Gasteiger partial charge in [0.1, 0.15) is 6.34 Å². The maximum atomic E-state index is 4.93. The van der Waals surface area contributed by atoms with Crippen LogP contribution < -0.4 is 32.3 Å². The monoisotopic (exact) mass is 507 g/mol. The standard InChI is InChI=1S/C29H27N5P2/c1-33(2)23-30-34-28(35(24-15-7-3-8-16-24)25-17-9-4-10-18-25)31-32-29(34)36(26-19-11-5-12-20-26)27-21-13-6-14-22-27/h3-23H,1-2H3/b30-23-. The topological polar surface area (TPSA) is 46.3 Å². The van der Waals surface area contributed by atoms with Crippen molar-refractivity contribution in [3.63, 3.8) is 0 Å². The number of hydrogen-bond acceptors (Lipinski definition) is 3. The minimum absolute atomic E-state index is 0.856. The second-order valence-corrected chi connectivity index (χ2v) is 12.5. The van der Waals surface area contributed by atoms with E-state index >= 15 is 0 Å². The van der Waals surface area contributed by atoms with Gasteiger partial charge >= 0.3 is 0 Å². The van der Waals surface area contributed by atoms with Crippen molar-refractivity contribution in [3.05, 3.63) is 121 Å². The van der Waals surface area contributed by atoms with Crippen molar-refractivity contribution in [1.29, 1.82) is 0 Å². The van der Waals surface area contributed by atoms with Gasteiger partial charge in [0.15, 0.2) is 11.1 Å². The molecule has 0 N–H and O–H groups in total. The Morgan fingerprint density at radius 2 is 0.861 bits per heavy atom. The fourth-order valence-electron chi connectivity index (χ4n) is 3.87. The molecule has 178 valence electrons. The van der Waals surface area contributed by atoms with Crippen LogP contribution in [0.25, 0.3) is 0 Å². The second kappa shape index (κ2) is 11.4. The summed E-state index contributed by atoms with van der Waals surface area (Å²) in [4.78, 5) is 1.94. The average molecular weight is 508 g/mol. The van der Waals surface area contributed by atoms with Crippen LogP contribution in [0.1, 0.15) is 0 Å². The van der Waals surface area contributed by atoms with E-state index in [0.717, 1.165) is 11.1 Å². The van der Waals surface area contributed by atoms with Gasteiger partial charge in [-0.25, -0.2) is 0 Å². The van der Waals surface area contributed by atoms with Crippen LogP contribution >= 0.6 is 15.8 Å². The normalized spacial score (nSPS) is 11.4. The highest BCUT2D eigenvalue weighted by molar-refractivity contribution is 7.80. The van der Waals surface area contributed by atoms with Crippen LogP contribution in [0, 0.1) is 0 Å². The summed E-state index contributed by atoms with van der Waals surface area (Å²) in [6, 6.07) is 42.2. The zero-order valence-corrected chi connectivity index (χ0v) is 22.0. The van der Waals surface area contributed by atoms with E-state index in [4.69, 9.17) is 15.3 Å². The third-order valence-corrected chi connectivity index (χ3v) is 10.1. The zero-order valence-electron chi connectivity index (χ0n) is 20.3. The molecule has 0 radical (unpaired) electrons. The van der Waals surface area contributed by atoms with Gasteiger partial charge in [0.25, 0.3) is 0 Å². The molecule has 1 heterocycles.